The normalized spacial score (nSPS) is 23.9. The first-order chi connectivity index (χ1) is 22.6. The van der Waals surface area contributed by atoms with Crippen molar-refractivity contribution in [1.82, 2.24) is 0 Å². The van der Waals surface area contributed by atoms with Gasteiger partial charge in [-0.05, 0) is 40.4 Å². The summed E-state index contributed by atoms with van der Waals surface area (Å²) in [6, 6.07) is 41.9. The second kappa shape index (κ2) is 14.1. The van der Waals surface area contributed by atoms with Gasteiger partial charge in [-0.15, -0.1) is 0 Å². The monoisotopic (exact) mass is 652 g/mol. The van der Waals surface area contributed by atoms with Crippen LogP contribution in [-0.4, -0.2) is 51.4 Å². The average molecular weight is 653 g/mol. The van der Waals surface area contributed by atoms with E-state index in [1.807, 2.05) is 50.2 Å². The van der Waals surface area contributed by atoms with Crippen molar-refractivity contribution in [2.45, 2.75) is 89.2 Å². The summed E-state index contributed by atoms with van der Waals surface area (Å²) >= 11 is 0. The van der Waals surface area contributed by atoms with E-state index in [0.29, 0.717) is 32.8 Å². The lowest BCUT2D eigenvalue weighted by atomic mass is 9.92. The predicted molar refractivity (Wildman–Crippen MR) is 187 cm³/mol. The van der Waals surface area contributed by atoms with Crippen LogP contribution < -0.4 is 10.4 Å². The Morgan fingerprint density at radius 1 is 0.660 bits per heavy atom. The molecule has 47 heavy (non-hydrogen) atoms. The summed E-state index contributed by atoms with van der Waals surface area (Å²) in [5.74, 6) is -0.786. The molecule has 0 radical (unpaired) electrons. The minimum Gasteiger partial charge on any atom is -0.407 e. The Kier molecular flexibility index (Phi) is 10.2. The molecule has 4 atom stereocenters. The molecule has 2 aliphatic rings. The van der Waals surface area contributed by atoms with Gasteiger partial charge in [-0.2, -0.15) is 0 Å². The summed E-state index contributed by atoms with van der Waals surface area (Å²) in [6.45, 7) is 12.3. The Labute approximate surface area is 281 Å². The molecule has 248 valence electrons. The van der Waals surface area contributed by atoms with E-state index >= 15 is 0 Å². The van der Waals surface area contributed by atoms with Crippen LogP contribution >= 0.6 is 0 Å². The van der Waals surface area contributed by atoms with Crippen LogP contribution in [0.2, 0.25) is 5.04 Å². The second-order valence-corrected chi connectivity index (χ2v) is 18.4. The van der Waals surface area contributed by atoms with E-state index in [4.69, 9.17) is 28.1 Å². The van der Waals surface area contributed by atoms with Gasteiger partial charge in [0.05, 0.1) is 19.8 Å². The molecule has 7 heteroatoms. The lowest BCUT2D eigenvalue weighted by Gasteiger charge is -2.44. The molecule has 6 nitrogen and oxygen atoms in total. The summed E-state index contributed by atoms with van der Waals surface area (Å²) in [5, 5.41) is 2.32. The predicted octanol–water partition coefficient (Wildman–Crippen LogP) is 7.00. The highest BCUT2D eigenvalue weighted by Crippen LogP contribution is 2.46. The maximum Gasteiger partial charge on any atom is 0.261 e. The van der Waals surface area contributed by atoms with Crippen molar-refractivity contribution in [2.75, 3.05) is 13.2 Å². The van der Waals surface area contributed by atoms with Gasteiger partial charge >= 0.3 is 0 Å². The average Bonchev–Trinajstić information content (AvgIpc) is 3.51. The molecule has 0 aliphatic carbocycles. The second-order valence-electron chi connectivity index (χ2n) is 14.1. The fourth-order valence-corrected chi connectivity index (χ4v) is 11.7. The molecule has 0 spiro atoms. The molecule has 0 bridgehead atoms. The Balaban J connectivity index is 1.33. The Morgan fingerprint density at radius 2 is 1.17 bits per heavy atom. The van der Waals surface area contributed by atoms with E-state index in [1.165, 1.54) is 10.4 Å². The van der Waals surface area contributed by atoms with Crippen LogP contribution in [0.3, 0.4) is 0 Å². The van der Waals surface area contributed by atoms with Gasteiger partial charge in [0.1, 0.15) is 17.8 Å². The van der Waals surface area contributed by atoms with Gasteiger partial charge in [0.15, 0.2) is 12.1 Å². The number of fused-ring (bicyclic) bond motifs is 1. The largest absolute Gasteiger partial charge is 0.407 e. The molecule has 2 aliphatic heterocycles. The van der Waals surface area contributed by atoms with Crippen LogP contribution in [0.15, 0.2) is 121 Å². The van der Waals surface area contributed by atoms with Crippen LogP contribution in [0, 0.1) is 0 Å². The third-order valence-electron chi connectivity index (χ3n) is 9.25. The summed E-state index contributed by atoms with van der Waals surface area (Å²) in [5.41, 5.74) is 1.30. The molecule has 6 rings (SSSR count). The zero-order valence-corrected chi connectivity index (χ0v) is 29.3. The van der Waals surface area contributed by atoms with E-state index in [0.717, 1.165) is 11.1 Å². The highest BCUT2D eigenvalue weighted by Gasteiger charge is 2.63. The van der Waals surface area contributed by atoms with Gasteiger partial charge in [-0.3, -0.25) is 0 Å². The standard InChI is InChI=1S/C40H48O6Si/c1-38(2,3)47(33-22-14-8-15-23-33,34-24-16-9-17-25-34)43-27-26-40(30-41-28-31-18-10-6-11-19-31)36(42-29-32-20-12-7-13-21-32)35-37(46-40)45-39(4,5)44-35/h6-25,35-37H,26-30H2,1-5H3/t35-,36+,37+,40-/m1/s1. The van der Waals surface area contributed by atoms with Crippen LogP contribution in [0.4, 0.5) is 0 Å². The maximum atomic E-state index is 7.36. The van der Waals surface area contributed by atoms with Crippen LogP contribution in [0.25, 0.3) is 0 Å². The van der Waals surface area contributed by atoms with E-state index in [9.17, 15) is 0 Å². The molecule has 4 aromatic carbocycles. The lowest BCUT2D eigenvalue weighted by Crippen LogP contribution is -2.67. The fraction of sp³-hybridized carbons (Fsp3) is 0.400. The Hall–Kier alpha value is -3.14. The Morgan fingerprint density at radius 3 is 1.70 bits per heavy atom. The maximum absolute atomic E-state index is 7.36. The number of ether oxygens (including phenoxy) is 5. The van der Waals surface area contributed by atoms with E-state index in [-0.39, 0.29) is 5.04 Å². The van der Waals surface area contributed by atoms with Crippen LogP contribution in [-0.2, 0) is 41.3 Å². The third-order valence-corrected chi connectivity index (χ3v) is 14.3. The fourth-order valence-electron chi connectivity index (χ4n) is 7.10. The first kappa shape index (κ1) is 33.7. The first-order valence-corrected chi connectivity index (χ1v) is 18.6. The van der Waals surface area contributed by atoms with Gasteiger partial charge in [0, 0.05) is 13.0 Å². The van der Waals surface area contributed by atoms with Crippen LogP contribution in [0.5, 0.6) is 0 Å². The van der Waals surface area contributed by atoms with Crippen LogP contribution in [0.1, 0.15) is 52.2 Å². The number of hydrogen-bond donors (Lipinski definition) is 0. The van der Waals surface area contributed by atoms with Gasteiger partial charge in [0.25, 0.3) is 8.32 Å². The molecule has 0 aromatic heterocycles. The zero-order chi connectivity index (χ0) is 33.0. The molecule has 4 aromatic rings. The lowest BCUT2D eigenvalue weighted by molar-refractivity contribution is -0.257. The molecule has 2 saturated heterocycles. The topological polar surface area (TPSA) is 55.4 Å². The van der Waals surface area contributed by atoms with Crippen molar-refractivity contribution >= 4 is 18.7 Å². The van der Waals surface area contributed by atoms with Gasteiger partial charge in [-0.25, -0.2) is 0 Å². The van der Waals surface area contributed by atoms with E-state index in [2.05, 4.69) is 106 Å². The van der Waals surface area contributed by atoms with E-state index < -0.39 is 38.2 Å². The molecule has 0 unspecified atom stereocenters. The van der Waals surface area contributed by atoms with Gasteiger partial charge < -0.3 is 28.1 Å². The zero-order valence-electron chi connectivity index (χ0n) is 28.3. The SMILES string of the molecule is CC1(C)O[C@H]2O[C@](CCO[Si](c3ccccc3)(c3ccccc3)C(C)(C)C)(COCc3ccccc3)[C@@H](OCc3ccccc3)[C@H]2O1. The number of hydrogen-bond acceptors (Lipinski definition) is 6. The minimum absolute atomic E-state index is 0.154. The molecular weight excluding hydrogens is 605 g/mol. The van der Waals surface area contributed by atoms with Crippen molar-refractivity contribution in [3.63, 3.8) is 0 Å². The van der Waals surface area contributed by atoms with Crippen molar-refractivity contribution in [1.29, 1.82) is 0 Å². The molecular formula is C40H48O6Si. The van der Waals surface area contributed by atoms with Crippen molar-refractivity contribution < 1.29 is 28.1 Å². The minimum atomic E-state index is -2.78. The first-order valence-electron chi connectivity index (χ1n) is 16.7. The third kappa shape index (κ3) is 7.32. The molecule has 0 saturated carbocycles. The molecule has 2 heterocycles. The Bertz CT molecular complexity index is 1500. The van der Waals surface area contributed by atoms with Crippen molar-refractivity contribution in [3.8, 4) is 0 Å². The highest BCUT2D eigenvalue weighted by molar-refractivity contribution is 6.99. The van der Waals surface area contributed by atoms with Gasteiger partial charge in [0.2, 0.25) is 0 Å². The van der Waals surface area contributed by atoms with Crippen molar-refractivity contribution in [2.24, 2.45) is 0 Å². The van der Waals surface area contributed by atoms with Gasteiger partial charge in [-0.1, -0.05) is 142 Å². The summed E-state index contributed by atoms with van der Waals surface area (Å²) in [7, 11) is -2.78. The van der Waals surface area contributed by atoms with E-state index in [1.54, 1.807) is 0 Å². The summed E-state index contributed by atoms with van der Waals surface area (Å²) in [6.07, 6.45) is -0.916. The smallest absolute Gasteiger partial charge is 0.261 e. The molecule has 0 amide bonds. The number of rotatable bonds is 13. The quantitative estimate of drug-likeness (QED) is 0.145. The summed E-state index contributed by atoms with van der Waals surface area (Å²) in [4.78, 5) is 0. The molecule has 2 fully saturated rings. The number of benzene rings is 4. The summed E-state index contributed by atoms with van der Waals surface area (Å²) < 4.78 is 40.3. The molecule has 0 N–H and O–H groups in total. The van der Waals surface area contributed by atoms with Crippen molar-refractivity contribution in [3.05, 3.63) is 132 Å². The highest BCUT2D eigenvalue weighted by atomic mass is 28.4.